The first-order valence-corrected chi connectivity index (χ1v) is 5.88. The molecule has 0 aliphatic heterocycles. The van der Waals surface area contributed by atoms with Crippen molar-refractivity contribution in [1.29, 1.82) is 0 Å². The second-order valence-corrected chi connectivity index (χ2v) is 5.11. The summed E-state index contributed by atoms with van der Waals surface area (Å²) in [6, 6.07) is 2.02. The maximum Gasteiger partial charge on any atom is 0.304 e. The summed E-state index contributed by atoms with van der Waals surface area (Å²) < 4.78 is 48.5. The molecule has 0 heterocycles. The molecule has 16 heavy (non-hydrogen) atoms. The maximum atomic E-state index is 13.1. The second-order valence-electron chi connectivity index (χ2n) is 3.04. The van der Waals surface area contributed by atoms with Crippen LogP contribution in [0.5, 0.6) is 0 Å². The van der Waals surface area contributed by atoms with Crippen molar-refractivity contribution in [3.63, 3.8) is 0 Å². The van der Waals surface area contributed by atoms with E-state index in [1.54, 1.807) is 0 Å². The van der Waals surface area contributed by atoms with E-state index in [1.165, 1.54) is 0 Å². The van der Waals surface area contributed by atoms with Crippen molar-refractivity contribution in [2.24, 2.45) is 0 Å². The number of hydrogen-bond acceptors (Lipinski definition) is 3. The fourth-order valence-electron chi connectivity index (χ4n) is 1.06. The molecule has 0 atom stereocenters. The van der Waals surface area contributed by atoms with Crippen molar-refractivity contribution < 1.29 is 27.1 Å². The van der Waals surface area contributed by atoms with Crippen molar-refractivity contribution in [3.05, 3.63) is 29.8 Å². The number of sulfone groups is 1. The predicted octanol–water partition coefficient (Wildman–Crippen LogP) is 1.21. The van der Waals surface area contributed by atoms with Crippen molar-refractivity contribution in [2.75, 3.05) is 5.75 Å². The first-order valence-electron chi connectivity index (χ1n) is 4.22. The molecule has 0 aromatic heterocycles. The summed E-state index contributed by atoms with van der Waals surface area (Å²) in [5, 5.41) is 8.32. The van der Waals surface area contributed by atoms with Crippen LogP contribution in [0, 0.1) is 11.6 Å². The number of carboxylic acid groups (broad SMARTS) is 1. The molecule has 0 fully saturated rings. The minimum atomic E-state index is -4.03. The van der Waals surface area contributed by atoms with E-state index >= 15 is 0 Å². The molecule has 0 unspecified atom stereocenters. The average molecular weight is 250 g/mol. The van der Waals surface area contributed by atoms with E-state index in [1.807, 2.05) is 0 Å². The Morgan fingerprint density at radius 3 is 2.44 bits per heavy atom. The Hall–Kier alpha value is -1.50. The van der Waals surface area contributed by atoms with Crippen LogP contribution in [-0.2, 0) is 14.6 Å². The summed E-state index contributed by atoms with van der Waals surface area (Å²) in [4.78, 5) is 9.51. The Morgan fingerprint density at radius 1 is 1.31 bits per heavy atom. The van der Waals surface area contributed by atoms with E-state index in [9.17, 15) is 22.0 Å². The molecule has 1 aromatic carbocycles. The third kappa shape index (κ3) is 2.99. The topological polar surface area (TPSA) is 71.4 Å². The number of hydrogen-bond donors (Lipinski definition) is 1. The lowest BCUT2D eigenvalue weighted by molar-refractivity contribution is -0.136. The van der Waals surface area contributed by atoms with Gasteiger partial charge in [-0.25, -0.2) is 17.2 Å². The zero-order valence-electron chi connectivity index (χ0n) is 7.98. The minimum Gasteiger partial charge on any atom is -0.481 e. The molecule has 0 saturated carbocycles. The number of rotatable bonds is 4. The van der Waals surface area contributed by atoms with Gasteiger partial charge in [0.05, 0.1) is 12.2 Å². The molecule has 1 rings (SSSR count). The molecule has 0 radical (unpaired) electrons. The Balaban J connectivity index is 3.03. The number of benzene rings is 1. The van der Waals surface area contributed by atoms with Crippen LogP contribution in [0.2, 0.25) is 0 Å². The highest BCUT2D eigenvalue weighted by molar-refractivity contribution is 7.91. The van der Waals surface area contributed by atoms with Crippen LogP contribution in [0.15, 0.2) is 23.1 Å². The molecular weight excluding hydrogens is 242 g/mol. The third-order valence-corrected chi connectivity index (χ3v) is 3.56. The van der Waals surface area contributed by atoms with Gasteiger partial charge >= 0.3 is 5.97 Å². The molecule has 0 bridgehead atoms. The first-order chi connectivity index (χ1) is 7.33. The fourth-order valence-corrected chi connectivity index (χ4v) is 2.35. The lowest BCUT2D eigenvalue weighted by Crippen LogP contribution is -2.12. The normalized spacial score (nSPS) is 11.4. The molecule has 1 N–H and O–H groups in total. The smallest absolute Gasteiger partial charge is 0.304 e. The van der Waals surface area contributed by atoms with Crippen molar-refractivity contribution in [1.82, 2.24) is 0 Å². The summed E-state index contributed by atoms with van der Waals surface area (Å²) >= 11 is 0. The Labute approximate surface area is 90.4 Å². The van der Waals surface area contributed by atoms with Gasteiger partial charge in [0.2, 0.25) is 0 Å². The third-order valence-electron chi connectivity index (χ3n) is 1.81. The molecule has 0 aliphatic carbocycles. The summed E-state index contributed by atoms with van der Waals surface area (Å²) in [7, 11) is -4.03. The highest BCUT2D eigenvalue weighted by atomic mass is 32.2. The van der Waals surface area contributed by atoms with Crippen molar-refractivity contribution in [2.45, 2.75) is 11.3 Å². The van der Waals surface area contributed by atoms with E-state index in [2.05, 4.69) is 0 Å². The van der Waals surface area contributed by atoms with Gasteiger partial charge in [-0.1, -0.05) is 0 Å². The second kappa shape index (κ2) is 4.56. The summed E-state index contributed by atoms with van der Waals surface area (Å²) in [6.45, 7) is 0. The lowest BCUT2D eigenvalue weighted by Gasteiger charge is -2.03. The summed E-state index contributed by atoms with van der Waals surface area (Å²) in [6.07, 6.45) is -0.626. The molecule has 0 amide bonds. The molecule has 0 saturated heterocycles. The SMILES string of the molecule is O=C(O)CCS(=O)(=O)c1ccc(F)cc1F. The van der Waals surface area contributed by atoms with Crippen LogP contribution in [0.3, 0.4) is 0 Å². The lowest BCUT2D eigenvalue weighted by atomic mass is 10.3. The van der Waals surface area contributed by atoms with E-state index in [0.717, 1.165) is 12.1 Å². The molecule has 1 aromatic rings. The Bertz CT molecular complexity index is 510. The van der Waals surface area contributed by atoms with Crippen LogP contribution >= 0.6 is 0 Å². The first kappa shape index (κ1) is 12.6. The van der Waals surface area contributed by atoms with Gasteiger partial charge < -0.3 is 5.11 Å². The fraction of sp³-hybridized carbons (Fsp3) is 0.222. The number of carbonyl (C=O) groups is 1. The van der Waals surface area contributed by atoms with E-state index in [-0.39, 0.29) is 0 Å². The van der Waals surface area contributed by atoms with Crippen LogP contribution < -0.4 is 0 Å². The van der Waals surface area contributed by atoms with Gasteiger partial charge in [0.15, 0.2) is 9.84 Å². The highest BCUT2D eigenvalue weighted by Gasteiger charge is 2.20. The minimum absolute atomic E-state index is 0.438. The molecular formula is C9H8F2O4S. The summed E-state index contributed by atoms with van der Waals surface area (Å²) in [5.41, 5.74) is 0. The monoisotopic (exact) mass is 250 g/mol. The Morgan fingerprint density at radius 2 is 1.94 bits per heavy atom. The Kier molecular flexibility index (Phi) is 3.58. The molecule has 88 valence electrons. The number of aliphatic carboxylic acids is 1. The maximum absolute atomic E-state index is 13.1. The molecule has 7 heteroatoms. The van der Waals surface area contributed by atoms with Gasteiger partial charge in [-0.05, 0) is 12.1 Å². The van der Waals surface area contributed by atoms with E-state index in [0.29, 0.717) is 6.07 Å². The van der Waals surface area contributed by atoms with Crippen molar-refractivity contribution >= 4 is 15.8 Å². The molecule has 4 nitrogen and oxygen atoms in total. The van der Waals surface area contributed by atoms with Gasteiger partial charge in [0.25, 0.3) is 0 Å². The van der Waals surface area contributed by atoms with Gasteiger partial charge in [-0.15, -0.1) is 0 Å². The number of halogens is 2. The molecule has 0 aliphatic rings. The highest BCUT2D eigenvalue weighted by Crippen LogP contribution is 2.17. The zero-order valence-corrected chi connectivity index (χ0v) is 8.80. The quantitative estimate of drug-likeness (QED) is 0.815. The van der Waals surface area contributed by atoms with Crippen LogP contribution in [0.25, 0.3) is 0 Å². The number of carboxylic acids is 1. The molecule has 0 spiro atoms. The largest absolute Gasteiger partial charge is 0.481 e. The standard InChI is InChI=1S/C9H8F2O4S/c10-6-1-2-8(7(11)5-6)16(14,15)4-3-9(12)13/h1-2,5H,3-4H2,(H,12,13). The van der Waals surface area contributed by atoms with Gasteiger partial charge in [0, 0.05) is 6.07 Å². The average Bonchev–Trinajstić information content (AvgIpc) is 2.14. The van der Waals surface area contributed by atoms with Crippen LogP contribution in [-0.4, -0.2) is 25.2 Å². The van der Waals surface area contributed by atoms with Gasteiger partial charge in [-0.2, -0.15) is 0 Å². The van der Waals surface area contributed by atoms with Gasteiger partial charge in [0.1, 0.15) is 16.5 Å². The summed E-state index contributed by atoms with van der Waals surface area (Å²) in [5.74, 6) is -4.13. The van der Waals surface area contributed by atoms with Crippen molar-refractivity contribution in [3.8, 4) is 0 Å². The van der Waals surface area contributed by atoms with Crippen LogP contribution in [0.1, 0.15) is 6.42 Å². The predicted molar refractivity (Wildman–Crippen MR) is 50.7 cm³/mol. The van der Waals surface area contributed by atoms with E-state index in [4.69, 9.17) is 5.11 Å². The van der Waals surface area contributed by atoms with E-state index < -0.39 is 44.5 Å². The van der Waals surface area contributed by atoms with Gasteiger partial charge in [-0.3, -0.25) is 4.79 Å². The zero-order chi connectivity index (χ0) is 12.3. The van der Waals surface area contributed by atoms with Crippen LogP contribution in [0.4, 0.5) is 8.78 Å².